The average molecular weight is 473 g/mol. The number of carbonyl (C=O) groups excluding carboxylic acids is 4. The van der Waals surface area contributed by atoms with Crippen LogP contribution in [0, 0.1) is 17.8 Å². The Hall–Kier alpha value is -3.74. The molecule has 2 fully saturated rings. The maximum atomic E-state index is 13.0. The number of ether oxygens (including phenoxy) is 1. The number of allylic oxidation sites excluding steroid dienone is 2. The van der Waals surface area contributed by atoms with E-state index in [1.165, 1.54) is 4.90 Å². The first kappa shape index (κ1) is 23.0. The Kier molecular flexibility index (Phi) is 6.01. The van der Waals surface area contributed by atoms with Crippen molar-refractivity contribution in [2.24, 2.45) is 17.8 Å². The molecule has 0 radical (unpaired) electrons. The third-order valence-corrected chi connectivity index (χ3v) is 7.24. The Labute approximate surface area is 204 Å². The molecule has 0 N–H and O–H groups in total. The zero-order valence-corrected chi connectivity index (χ0v) is 19.9. The van der Waals surface area contributed by atoms with Gasteiger partial charge < -0.3 is 9.64 Å². The Morgan fingerprint density at radius 2 is 1.77 bits per heavy atom. The zero-order valence-electron chi connectivity index (χ0n) is 19.9. The molecule has 0 bridgehead atoms. The summed E-state index contributed by atoms with van der Waals surface area (Å²) in [5.74, 6) is -2.04. The van der Waals surface area contributed by atoms with Crippen molar-refractivity contribution in [2.45, 2.75) is 39.5 Å². The highest BCUT2D eigenvalue weighted by molar-refractivity contribution is 6.22. The van der Waals surface area contributed by atoms with Gasteiger partial charge in [0.25, 0.3) is 0 Å². The molecule has 3 atom stereocenters. The number of esters is 1. The van der Waals surface area contributed by atoms with E-state index in [2.05, 4.69) is 0 Å². The lowest BCUT2D eigenvalue weighted by molar-refractivity contribution is -0.139. The molecule has 3 aliphatic rings. The lowest BCUT2D eigenvalue weighted by atomic mass is 9.82. The minimum atomic E-state index is -0.594. The summed E-state index contributed by atoms with van der Waals surface area (Å²) in [7, 11) is 0. The summed E-state index contributed by atoms with van der Waals surface area (Å²) in [5.41, 5.74) is 3.40. The number of fused-ring (bicyclic) bond motifs is 1. The van der Waals surface area contributed by atoms with Crippen LogP contribution < -0.4 is 14.5 Å². The maximum absolute atomic E-state index is 13.0. The van der Waals surface area contributed by atoms with Crippen LogP contribution in [0.2, 0.25) is 0 Å². The summed E-state index contributed by atoms with van der Waals surface area (Å²) in [6, 6.07) is 14.2. The Morgan fingerprint density at radius 1 is 1.00 bits per heavy atom. The lowest BCUT2D eigenvalue weighted by Crippen LogP contribution is -2.31. The van der Waals surface area contributed by atoms with Crippen molar-refractivity contribution in [1.82, 2.24) is 0 Å². The number of amides is 3. The SMILES string of the molecule is CCc1ccccc1N1C[C@H](C(=O)Oc2cccc(N3C(=O)[C@H]4CC=C(C)C[C@@H]4C3=O)c2)CC1=O. The number of imide groups is 1. The van der Waals surface area contributed by atoms with Gasteiger partial charge in [0.2, 0.25) is 17.7 Å². The van der Waals surface area contributed by atoms with Gasteiger partial charge in [0.15, 0.2) is 0 Å². The normalized spacial score (nSPS) is 24.0. The van der Waals surface area contributed by atoms with Crippen LogP contribution in [0.1, 0.15) is 38.7 Å². The molecule has 5 rings (SSSR count). The minimum Gasteiger partial charge on any atom is -0.426 e. The summed E-state index contributed by atoms with van der Waals surface area (Å²) in [5, 5.41) is 0. The number of hydrogen-bond acceptors (Lipinski definition) is 5. The van der Waals surface area contributed by atoms with Gasteiger partial charge in [-0.2, -0.15) is 0 Å². The van der Waals surface area contributed by atoms with E-state index < -0.39 is 11.9 Å². The number of para-hydroxylation sites is 1. The van der Waals surface area contributed by atoms with Crippen LogP contribution in [-0.2, 0) is 25.6 Å². The molecule has 2 heterocycles. The number of rotatable bonds is 5. The molecule has 35 heavy (non-hydrogen) atoms. The molecular formula is C28H28N2O5. The zero-order chi connectivity index (χ0) is 24.7. The van der Waals surface area contributed by atoms with E-state index in [4.69, 9.17) is 4.74 Å². The Bertz CT molecular complexity index is 1250. The van der Waals surface area contributed by atoms with Crippen molar-refractivity contribution >= 4 is 35.1 Å². The lowest BCUT2D eigenvalue weighted by Gasteiger charge is -2.20. The quantitative estimate of drug-likeness (QED) is 0.284. The minimum absolute atomic E-state index is 0.0788. The first-order valence-electron chi connectivity index (χ1n) is 12.1. The van der Waals surface area contributed by atoms with Gasteiger partial charge in [-0.25, -0.2) is 4.90 Å². The number of carbonyl (C=O) groups is 4. The van der Waals surface area contributed by atoms with Gasteiger partial charge in [-0.15, -0.1) is 0 Å². The predicted molar refractivity (Wildman–Crippen MR) is 131 cm³/mol. The fraction of sp³-hybridized carbons (Fsp3) is 0.357. The molecule has 0 spiro atoms. The second-order valence-electron chi connectivity index (χ2n) is 9.52. The fourth-order valence-corrected chi connectivity index (χ4v) is 5.35. The predicted octanol–water partition coefficient (Wildman–Crippen LogP) is 4.05. The summed E-state index contributed by atoms with van der Waals surface area (Å²) in [6.45, 7) is 4.26. The molecule has 0 aromatic heterocycles. The number of hydrogen-bond donors (Lipinski definition) is 0. The number of nitrogens with zero attached hydrogens (tertiary/aromatic N) is 2. The van der Waals surface area contributed by atoms with E-state index in [0.717, 1.165) is 23.2 Å². The van der Waals surface area contributed by atoms with Crippen LogP contribution in [-0.4, -0.2) is 30.2 Å². The summed E-state index contributed by atoms with van der Waals surface area (Å²) in [6.07, 6.45) is 4.05. The Balaban J connectivity index is 1.30. The molecule has 2 aliphatic heterocycles. The maximum Gasteiger partial charge on any atom is 0.316 e. The molecule has 0 unspecified atom stereocenters. The summed E-state index contributed by atoms with van der Waals surface area (Å²) >= 11 is 0. The highest BCUT2D eigenvalue weighted by Gasteiger charge is 2.48. The van der Waals surface area contributed by atoms with Crippen molar-refractivity contribution in [3.05, 3.63) is 65.7 Å². The van der Waals surface area contributed by atoms with E-state index in [1.807, 2.05) is 44.2 Å². The van der Waals surface area contributed by atoms with Crippen molar-refractivity contribution in [1.29, 1.82) is 0 Å². The third kappa shape index (κ3) is 4.16. The van der Waals surface area contributed by atoms with Crippen molar-refractivity contribution in [3.63, 3.8) is 0 Å². The van der Waals surface area contributed by atoms with Crippen LogP contribution in [0.4, 0.5) is 11.4 Å². The van der Waals surface area contributed by atoms with Crippen LogP contribution >= 0.6 is 0 Å². The van der Waals surface area contributed by atoms with Gasteiger partial charge in [-0.3, -0.25) is 19.2 Å². The van der Waals surface area contributed by atoms with Crippen LogP contribution in [0.25, 0.3) is 0 Å². The van der Waals surface area contributed by atoms with Crippen LogP contribution in [0.5, 0.6) is 5.75 Å². The molecule has 2 aromatic carbocycles. The van der Waals surface area contributed by atoms with Gasteiger partial charge >= 0.3 is 5.97 Å². The van der Waals surface area contributed by atoms with E-state index in [9.17, 15) is 19.2 Å². The van der Waals surface area contributed by atoms with Crippen LogP contribution in [0.15, 0.2) is 60.2 Å². The first-order chi connectivity index (χ1) is 16.9. The highest BCUT2D eigenvalue weighted by atomic mass is 16.5. The molecule has 0 saturated carbocycles. The highest BCUT2D eigenvalue weighted by Crippen LogP contribution is 2.40. The summed E-state index contributed by atoms with van der Waals surface area (Å²) < 4.78 is 5.62. The topological polar surface area (TPSA) is 84.0 Å². The van der Waals surface area contributed by atoms with Crippen molar-refractivity contribution < 1.29 is 23.9 Å². The number of aryl methyl sites for hydroxylation is 1. The van der Waals surface area contributed by atoms with Gasteiger partial charge in [0.1, 0.15) is 5.75 Å². The average Bonchev–Trinajstić information content (AvgIpc) is 3.36. The van der Waals surface area contributed by atoms with Crippen LogP contribution in [0.3, 0.4) is 0 Å². The second kappa shape index (κ2) is 9.13. The molecule has 7 nitrogen and oxygen atoms in total. The fourth-order valence-electron chi connectivity index (χ4n) is 5.35. The number of benzene rings is 2. The standard InChI is InChI=1S/C28H28N2O5/c1-3-18-7-4-5-10-24(18)29-16-19(14-25(29)31)28(34)35-21-9-6-8-20(15-21)30-26(32)22-12-11-17(2)13-23(22)27(30)33/h4-11,15,19,22-23H,3,12-14,16H2,1-2H3/t19-,22+,23+/m1/s1. The van der Waals surface area contributed by atoms with Gasteiger partial charge in [-0.1, -0.05) is 42.8 Å². The smallest absolute Gasteiger partial charge is 0.316 e. The van der Waals surface area contributed by atoms with Gasteiger partial charge in [0.05, 0.1) is 23.4 Å². The molecule has 180 valence electrons. The molecule has 2 saturated heterocycles. The molecule has 3 amide bonds. The third-order valence-electron chi connectivity index (χ3n) is 7.24. The second-order valence-corrected chi connectivity index (χ2v) is 9.52. The monoisotopic (exact) mass is 472 g/mol. The van der Waals surface area contributed by atoms with Gasteiger partial charge in [-0.05, 0) is 49.9 Å². The molecule has 2 aromatic rings. The van der Waals surface area contributed by atoms with Crippen molar-refractivity contribution in [3.8, 4) is 5.75 Å². The largest absolute Gasteiger partial charge is 0.426 e. The summed E-state index contributed by atoms with van der Waals surface area (Å²) in [4.78, 5) is 54.5. The number of anilines is 2. The van der Waals surface area contributed by atoms with E-state index in [-0.39, 0.29) is 48.3 Å². The van der Waals surface area contributed by atoms with E-state index >= 15 is 0 Å². The molecular weight excluding hydrogens is 444 g/mol. The molecule has 1 aliphatic carbocycles. The first-order valence-corrected chi connectivity index (χ1v) is 12.1. The molecule has 7 heteroatoms. The van der Waals surface area contributed by atoms with Gasteiger partial charge in [0, 0.05) is 24.7 Å². The van der Waals surface area contributed by atoms with E-state index in [1.54, 1.807) is 29.2 Å². The Morgan fingerprint density at radius 3 is 2.57 bits per heavy atom. The van der Waals surface area contributed by atoms with Crippen molar-refractivity contribution in [2.75, 3.05) is 16.3 Å². The van der Waals surface area contributed by atoms with E-state index in [0.29, 0.717) is 18.5 Å².